The number of nitrogens with zero attached hydrogens (tertiary/aromatic N) is 1. The number of amides is 3. The van der Waals surface area contributed by atoms with Crippen LogP contribution in [0.4, 0.5) is 0 Å². The molecule has 3 aliphatic rings. The summed E-state index contributed by atoms with van der Waals surface area (Å²) in [4.78, 5) is 38.1. The first-order chi connectivity index (χ1) is 12.6. The molecule has 0 spiro atoms. The first-order valence-electron chi connectivity index (χ1n) is 8.79. The first-order valence-corrected chi connectivity index (χ1v) is 8.79. The molecule has 136 valence electrons. The normalized spacial score (nSPS) is 23.3. The minimum atomic E-state index is -0.246. The summed E-state index contributed by atoms with van der Waals surface area (Å²) in [7, 11) is 0. The summed E-state index contributed by atoms with van der Waals surface area (Å²) < 4.78 is 10.6. The van der Waals surface area contributed by atoms with Gasteiger partial charge in [-0.05, 0) is 30.5 Å². The molecular weight excluding hydrogens is 336 g/mol. The molecule has 4 rings (SSSR count). The van der Waals surface area contributed by atoms with Gasteiger partial charge in [0.05, 0.1) is 11.8 Å². The average Bonchev–Trinajstić information content (AvgIpc) is 3.22. The maximum atomic E-state index is 12.4. The highest BCUT2D eigenvalue weighted by Crippen LogP contribution is 2.35. The first kappa shape index (κ1) is 16.6. The largest absolute Gasteiger partial charge is 0.454 e. The Balaban J connectivity index is 1.28. The molecule has 3 amide bonds. The molecule has 1 aromatic rings. The maximum Gasteiger partial charge on any atom is 0.233 e. The number of carbonyl (C=O) groups is 3. The van der Waals surface area contributed by atoms with Crippen LogP contribution in [-0.2, 0) is 20.9 Å². The number of ether oxygens (including phenoxy) is 2. The van der Waals surface area contributed by atoms with Crippen LogP contribution in [-0.4, -0.2) is 36.0 Å². The van der Waals surface area contributed by atoms with Gasteiger partial charge in [-0.1, -0.05) is 18.2 Å². The second-order valence-electron chi connectivity index (χ2n) is 6.70. The fourth-order valence-corrected chi connectivity index (χ4v) is 3.64. The molecule has 1 fully saturated rings. The SMILES string of the molecule is O=C(CCN1C(=O)[C@H]2CC=CC[C@@H]2C1=O)NCc1ccc2c(c1)OCO2. The predicted molar refractivity (Wildman–Crippen MR) is 91.1 cm³/mol. The monoisotopic (exact) mass is 356 g/mol. The van der Waals surface area contributed by atoms with Crippen LogP contribution in [0.5, 0.6) is 11.5 Å². The quantitative estimate of drug-likeness (QED) is 0.636. The molecule has 0 unspecified atom stereocenters. The van der Waals surface area contributed by atoms with Gasteiger partial charge in [0.2, 0.25) is 24.5 Å². The molecule has 0 radical (unpaired) electrons. The van der Waals surface area contributed by atoms with E-state index in [1.54, 1.807) is 6.07 Å². The van der Waals surface area contributed by atoms with Gasteiger partial charge < -0.3 is 14.8 Å². The number of nitrogens with one attached hydrogen (secondary N) is 1. The molecule has 7 heteroatoms. The van der Waals surface area contributed by atoms with Gasteiger partial charge >= 0.3 is 0 Å². The van der Waals surface area contributed by atoms with E-state index in [1.165, 1.54) is 4.90 Å². The number of benzene rings is 1. The molecule has 26 heavy (non-hydrogen) atoms. The van der Waals surface area contributed by atoms with Gasteiger partial charge in [0.1, 0.15) is 0 Å². The molecule has 2 aliphatic heterocycles. The van der Waals surface area contributed by atoms with Crippen molar-refractivity contribution in [3.63, 3.8) is 0 Å². The van der Waals surface area contributed by atoms with Crippen LogP contribution >= 0.6 is 0 Å². The number of fused-ring (bicyclic) bond motifs is 2. The molecule has 1 aromatic carbocycles. The fraction of sp³-hybridized carbons (Fsp3) is 0.421. The number of imide groups is 1. The van der Waals surface area contributed by atoms with Gasteiger partial charge in [0, 0.05) is 19.5 Å². The topological polar surface area (TPSA) is 84.9 Å². The Kier molecular flexibility index (Phi) is 4.36. The minimum absolute atomic E-state index is 0.106. The van der Waals surface area contributed by atoms with Crippen LogP contribution in [0.25, 0.3) is 0 Å². The summed E-state index contributed by atoms with van der Waals surface area (Å²) in [5, 5.41) is 2.81. The van der Waals surface area contributed by atoms with E-state index in [4.69, 9.17) is 9.47 Å². The van der Waals surface area contributed by atoms with Crippen LogP contribution < -0.4 is 14.8 Å². The van der Waals surface area contributed by atoms with Gasteiger partial charge in [0.25, 0.3) is 0 Å². The number of hydrogen-bond acceptors (Lipinski definition) is 5. The highest BCUT2D eigenvalue weighted by Gasteiger charge is 2.46. The van der Waals surface area contributed by atoms with Crippen LogP contribution in [0.2, 0.25) is 0 Å². The summed E-state index contributed by atoms with van der Waals surface area (Å²) in [6.45, 7) is 0.699. The van der Waals surface area contributed by atoms with Gasteiger partial charge in [-0.15, -0.1) is 0 Å². The molecule has 1 N–H and O–H groups in total. The molecule has 0 aromatic heterocycles. The van der Waals surface area contributed by atoms with Gasteiger partial charge in [-0.25, -0.2) is 0 Å². The molecule has 0 saturated carbocycles. The second-order valence-corrected chi connectivity index (χ2v) is 6.70. The summed E-state index contributed by atoms with van der Waals surface area (Å²) in [6.07, 6.45) is 5.24. The third-order valence-electron chi connectivity index (χ3n) is 5.09. The number of hydrogen-bond donors (Lipinski definition) is 1. The smallest absolute Gasteiger partial charge is 0.233 e. The van der Waals surface area contributed by atoms with E-state index in [0.717, 1.165) is 5.56 Å². The maximum absolute atomic E-state index is 12.4. The van der Waals surface area contributed by atoms with Gasteiger partial charge in [-0.3, -0.25) is 19.3 Å². The van der Waals surface area contributed by atoms with E-state index in [9.17, 15) is 14.4 Å². The van der Waals surface area contributed by atoms with Crippen molar-refractivity contribution in [2.75, 3.05) is 13.3 Å². The molecular formula is C19H20N2O5. The Morgan fingerprint density at radius 1 is 1.08 bits per heavy atom. The van der Waals surface area contributed by atoms with E-state index in [2.05, 4.69) is 5.32 Å². The van der Waals surface area contributed by atoms with E-state index in [-0.39, 0.29) is 49.3 Å². The van der Waals surface area contributed by atoms with Crippen molar-refractivity contribution in [3.8, 4) is 11.5 Å². The Morgan fingerprint density at radius 3 is 2.50 bits per heavy atom. The van der Waals surface area contributed by atoms with Crippen molar-refractivity contribution in [2.24, 2.45) is 11.8 Å². The van der Waals surface area contributed by atoms with Crippen molar-refractivity contribution in [1.82, 2.24) is 10.2 Å². The summed E-state index contributed by atoms with van der Waals surface area (Å²) in [6, 6.07) is 5.49. The van der Waals surface area contributed by atoms with E-state index >= 15 is 0 Å². The highest BCUT2D eigenvalue weighted by atomic mass is 16.7. The number of likely N-dealkylation sites (tertiary alicyclic amines) is 1. The zero-order valence-electron chi connectivity index (χ0n) is 14.3. The lowest BCUT2D eigenvalue weighted by molar-refractivity contribution is -0.140. The molecule has 7 nitrogen and oxygen atoms in total. The lowest BCUT2D eigenvalue weighted by atomic mass is 9.85. The van der Waals surface area contributed by atoms with Gasteiger partial charge in [0.15, 0.2) is 11.5 Å². The molecule has 2 heterocycles. The van der Waals surface area contributed by atoms with Crippen molar-refractivity contribution >= 4 is 17.7 Å². The van der Waals surface area contributed by atoms with Crippen molar-refractivity contribution in [2.45, 2.75) is 25.8 Å². The van der Waals surface area contributed by atoms with Crippen LogP contribution in [0.3, 0.4) is 0 Å². The molecule has 2 atom stereocenters. The molecule has 1 saturated heterocycles. The summed E-state index contributed by atoms with van der Waals surface area (Å²) in [5.74, 6) is 0.383. The fourth-order valence-electron chi connectivity index (χ4n) is 3.64. The lowest BCUT2D eigenvalue weighted by Crippen LogP contribution is -2.35. The second kappa shape index (κ2) is 6.82. The Hall–Kier alpha value is -2.83. The third-order valence-corrected chi connectivity index (χ3v) is 5.09. The van der Waals surface area contributed by atoms with Crippen molar-refractivity contribution in [3.05, 3.63) is 35.9 Å². The van der Waals surface area contributed by atoms with Crippen molar-refractivity contribution < 1.29 is 23.9 Å². The highest BCUT2D eigenvalue weighted by molar-refractivity contribution is 6.05. The zero-order chi connectivity index (χ0) is 18.1. The zero-order valence-corrected chi connectivity index (χ0v) is 14.3. The Bertz CT molecular complexity index is 762. The van der Waals surface area contributed by atoms with E-state index < -0.39 is 0 Å². The standard InChI is InChI=1S/C19H20N2O5/c22-17(20-10-12-5-6-15-16(9-12)26-11-25-15)7-8-21-18(23)13-3-1-2-4-14(13)19(21)24/h1-2,5-6,9,13-14H,3-4,7-8,10-11H2,(H,20,22)/t13-,14-/m0/s1. The van der Waals surface area contributed by atoms with E-state index in [1.807, 2.05) is 24.3 Å². The summed E-state index contributed by atoms with van der Waals surface area (Å²) >= 11 is 0. The Morgan fingerprint density at radius 2 is 1.77 bits per heavy atom. The lowest BCUT2D eigenvalue weighted by Gasteiger charge is -2.14. The van der Waals surface area contributed by atoms with Crippen LogP contribution in [0.15, 0.2) is 30.4 Å². The van der Waals surface area contributed by atoms with Crippen LogP contribution in [0, 0.1) is 11.8 Å². The average molecular weight is 356 g/mol. The van der Waals surface area contributed by atoms with Gasteiger partial charge in [-0.2, -0.15) is 0 Å². The third kappa shape index (κ3) is 3.05. The Labute approximate surface area is 150 Å². The summed E-state index contributed by atoms with van der Waals surface area (Å²) in [5.41, 5.74) is 0.896. The molecule has 1 aliphatic carbocycles. The van der Waals surface area contributed by atoms with Crippen LogP contribution in [0.1, 0.15) is 24.8 Å². The number of allylic oxidation sites excluding steroid dienone is 2. The number of rotatable bonds is 5. The van der Waals surface area contributed by atoms with E-state index in [0.29, 0.717) is 30.9 Å². The minimum Gasteiger partial charge on any atom is -0.454 e. The predicted octanol–water partition coefficient (Wildman–Crippen LogP) is 1.37. The number of carbonyl (C=O) groups excluding carboxylic acids is 3. The van der Waals surface area contributed by atoms with Crippen molar-refractivity contribution in [1.29, 1.82) is 0 Å². The molecule has 0 bridgehead atoms.